The van der Waals surface area contributed by atoms with Gasteiger partial charge in [0, 0.05) is 19.2 Å². The van der Waals surface area contributed by atoms with Crippen molar-refractivity contribution < 1.29 is 9.59 Å². The number of ketones is 2. The molecule has 2 heterocycles. The van der Waals surface area contributed by atoms with Gasteiger partial charge in [-0.15, -0.1) is 5.10 Å². The molecule has 0 fully saturated rings. The number of nitrogens with one attached hydrogen (secondary N) is 1. The van der Waals surface area contributed by atoms with Crippen LogP contribution >= 0.6 is 15.9 Å². The fourth-order valence-electron chi connectivity index (χ4n) is 2.54. The summed E-state index contributed by atoms with van der Waals surface area (Å²) in [5, 5.41) is 11.3. The molecular formula is C24H27BrN6O2. The molecular weight excluding hydrogens is 484 g/mol. The van der Waals surface area contributed by atoms with Gasteiger partial charge in [0.2, 0.25) is 11.6 Å². The van der Waals surface area contributed by atoms with Gasteiger partial charge in [-0.05, 0) is 25.0 Å². The van der Waals surface area contributed by atoms with E-state index in [0.29, 0.717) is 12.4 Å². The topological polar surface area (TPSA) is 106 Å². The van der Waals surface area contributed by atoms with Crippen molar-refractivity contribution >= 4 is 27.5 Å². The molecule has 2 aromatic heterocycles. The Balaban J connectivity index is 0.000000192. The van der Waals surface area contributed by atoms with Gasteiger partial charge >= 0.3 is 0 Å². The molecule has 0 atom stereocenters. The number of nitrogens with zero attached hydrogens (tertiary/aromatic N) is 5. The van der Waals surface area contributed by atoms with Crippen LogP contribution in [0.2, 0.25) is 0 Å². The van der Waals surface area contributed by atoms with Crippen LogP contribution in [0, 0.1) is 13.8 Å². The van der Waals surface area contributed by atoms with Gasteiger partial charge in [-0.3, -0.25) is 14.7 Å². The van der Waals surface area contributed by atoms with Crippen LogP contribution in [0.1, 0.15) is 57.9 Å². The molecule has 2 aromatic carbocycles. The smallest absolute Gasteiger partial charge is 0.217 e. The fourth-order valence-corrected chi connectivity index (χ4v) is 2.92. The maximum Gasteiger partial charge on any atom is 0.217 e. The number of aryl methyl sites for hydroxylation is 2. The summed E-state index contributed by atoms with van der Waals surface area (Å²) in [6, 6.07) is 20.3. The highest BCUT2D eigenvalue weighted by Crippen LogP contribution is 2.05. The highest BCUT2D eigenvalue weighted by atomic mass is 79.9. The van der Waals surface area contributed by atoms with Gasteiger partial charge in [0.15, 0.2) is 11.6 Å². The van der Waals surface area contributed by atoms with Crippen molar-refractivity contribution in [2.45, 2.75) is 39.6 Å². The van der Waals surface area contributed by atoms with Crippen molar-refractivity contribution in [2.24, 2.45) is 0 Å². The van der Waals surface area contributed by atoms with Gasteiger partial charge in [-0.2, -0.15) is 5.10 Å². The van der Waals surface area contributed by atoms with Crippen LogP contribution in [0.15, 0.2) is 60.7 Å². The standard InChI is InChI=1S/C12H13N3O.C7H7Br.C5H7N3O/c1-9(16)12-13-10(2)15(14-12)8-11-6-4-3-5-7-11;8-6-7-4-2-1-3-5-7;1-3(9)5-6-4(2)7-8-5/h3-7H,8H2,1-2H3;1-5H,6H2;1-2H3,(H,6,7,8). The summed E-state index contributed by atoms with van der Waals surface area (Å²) in [4.78, 5) is 29.5. The number of alkyl halides is 1. The molecule has 0 aliphatic heterocycles. The van der Waals surface area contributed by atoms with E-state index in [-0.39, 0.29) is 23.2 Å². The Hall–Kier alpha value is -3.46. The van der Waals surface area contributed by atoms with Crippen molar-refractivity contribution in [1.82, 2.24) is 29.9 Å². The van der Waals surface area contributed by atoms with Gasteiger partial charge in [0.25, 0.3) is 0 Å². The minimum Gasteiger partial charge on any atom is -0.291 e. The van der Waals surface area contributed by atoms with E-state index >= 15 is 0 Å². The third-order valence-corrected chi connectivity index (χ3v) is 4.90. The first-order chi connectivity index (χ1) is 15.8. The lowest BCUT2D eigenvalue weighted by atomic mass is 10.2. The second-order valence-electron chi connectivity index (χ2n) is 7.10. The van der Waals surface area contributed by atoms with E-state index in [4.69, 9.17) is 0 Å². The molecule has 0 saturated heterocycles. The Labute approximate surface area is 201 Å². The number of H-pyrrole nitrogens is 1. The zero-order valence-electron chi connectivity index (χ0n) is 19.1. The highest BCUT2D eigenvalue weighted by Gasteiger charge is 2.09. The molecule has 4 rings (SSSR count). The average molecular weight is 511 g/mol. The van der Waals surface area contributed by atoms with Gasteiger partial charge in [0.1, 0.15) is 11.6 Å². The monoisotopic (exact) mass is 510 g/mol. The second-order valence-corrected chi connectivity index (χ2v) is 7.66. The summed E-state index contributed by atoms with van der Waals surface area (Å²) >= 11 is 3.36. The van der Waals surface area contributed by atoms with Crippen LogP contribution in [0.3, 0.4) is 0 Å². The number of hydrogen-bond donors (Lipinski definition) is 1. The molecule has 0 saturated carbocycles. The van der Waals surface area contributed by atoms with E-state index < -0.39 is 0 Å². The summed E-state index contributed by atoms with van der Waals surface area (Å²) in [5.74, 6) is 1.75. The SMILES string of the molecule is BrCc1ccccc1.CC(=O)c1n[nH]c(C)n1.CC(=O)c1nc(C)n(Cc2ccccc2)n1. The average Bonchev–Trinajstić information content (AvgIpc) is 3.42. The predicted octanol–water partition coefficient (Wildman–Crippen LogP) is 4.73. The minimum atomic E-state index is -0.112. The first kappa shape index (κ1) is 25.8. The van der Waals surface area contributed by atoms with E-state index in [1.807, 2.05) is 55.5 Å². The van der Waals surface area contributed by atoms with E-state index in [1.54, 1.807) is 11.6 Å². The van der Waals surface area contributed by atoms with E-state index in [1.165, 1.54) is 19.4 Å². The van der Waals surface area contributed by atoms with Crippen LogP contribution in [0.25, 0.3) is 0 Å². The molecule has 4 aromatic rings. The Morgan fingerprint density at radius 3 is 1.76 bits per heavy atom. The molecule has 8 nitrogen and oxygen atoms in total. The molecule has 0 bridgehead atoms. The van der Waals surface area contributed by atoms with Crippen LogP contribution < -0.4 is 0 Å². The molecule has 33 heavy (non-hydrogen) atoms. The van der Waals surface area contributed by atoms with E-state index in [9.17, 15) is 9.59 Å². The summed E-state index contributed by atoms with van der Waals surface area (Å²) < 4.78 is 1.74. The van der Waals surface area contributed by atoms with Crippen molar-refractivity contribution in [3.8, 4) is 0 Å². The summed E-state index contributed by atoms with van der Waals surface area (Å²) in [6.07, 6.45) is 0. The molecule has 0 aliphatic carbocycles. The maximum atomic E-state index is 11.1. The van der Waals surface area contributed by atoms with Crippen LogP contribution in [-0.2, 0) is 11.9 Å². The number of benzene rings is 2. The second kappa shape index (κ2) is 13.2. The first-order valence-corrected chi connectivity index (χ1v) is 11.4. The van der Waals surface area contributed by atoms with Gasteiger partial charge in [-0.1, -0.05) is 76.6 Å². The molecule has 9 heteroatoms. The Morgan fingerprint density at radius 1 is 0.848 bits per heavy atom. The number of aromatic nitrogens is 6. The minimum absolute atomic E-state index is 0.102. The molecule has 0 radical (unpaired) electrons. The van der Waals surface area contributed by atoms with Crippen molar-refractivity contribution in [3.05, 3.63) is 95.1 Å². The summed E-state index contributed by atoms with van der Waals surface area (Å²) in [7, 11) is 0. The van der Waals surface area contributed by atoms with Crippen LogP contribution in [0.5, 0.6) is 0 Å². The van der Waals surface area contributed by atoms with Crippen LogP contribution in [-0.4, -0.2) is 41.5 Å². The third kappa shape index (κ3) is 8.89. The number of carbonyl (C=O) groups excluding carboxylic acids is 2. The number of carbonyl (C=O) groups is 2. The summed E-state index contributed by atoms with van der Waals surface area (Å²) in [6.45, 7) is 7.15. The molecule has 172 valence electrons. The van der Waals surface area contributed by atoms with Crippen molar-refractivity contribution in [3.63, 3.8) is 0 Å². The molecule has 0 aliphatic rings. The molecule has 0 unspecified atom stereocenters. The van der Waals surface area contributed by atoms with Gasteiger partial charge in [0.05, 0.1) is 6.54 Å². The Morgan fingerprint density at radius 2 is 1.39 bits per heavy atom. The van der Waals surface area contributed by atoms with Gasteiger partial charge < -0.3 is 0 Å². The van der Waals surface area contributed by atoms with E-state index in [0.717, 1.165) is 16.7 Å². The lowest BCUT2D eigenvalue weighted by molar-refractivity contribution is 0.0995. The quantitative estimate of drug-likeness (QED) is 0.307. The number of aromatic amines is 1. The zero-order valence-corrected chi connectivity index (χ0v) is 20.7. The predicted molar refractivity (Wildman–Crippen MR) is 131 cm³/mol. The van der Waals surface area contributed by atoms with Crippen molar-refractivity contribution in [2.75, 3.05) is 0 Å². The lowest BCUT2D eigenvalue weighted by Crippen LogP contribution is -2.04. The lowest BCUT2D eigenvalue weighted by Gasteiger charge is -2.02. The fraction of sp³-hybridized carbons (Fsp3) is 0.250. The number of rotatable bonds is 5. The zero-order chi connectivity index (χ0) is 24.2. The number of Topliss-reactive ketones (excluding diaryl/α,β-unsaturated/α-hetero) is 2. The normalized spacial score (nSPS) is 9.85. The summed E-state index contributed by atoms with van der Waals surface area (Å²) in [5.41, 5.74) is 2.47. The van der Waals surface area contributed by atoms with Crippen molar-refractivity contribution in [1.29, 1.82) is 0 Å². The molecule has 0 amide bonds. The Bertz CT molecular complexity index is 1160. The third-order valence-electron chi connectivity index (χ3n) is 4.26. The number of halogens is 1. The largest absolute Gasteiger partial charge is 0.291 e. The highest BCUT2D eigenvalue weighted by molar-refractivity contribution is 9.08. The van der Waals surface area contributed by atoms with E-state index in [2.05, 4.69) is 53.3 Å². The number of hydrogen-bond acceptors (Lipinski definition) is 6. The van der Waals surface area contributed by atoms with Crippen LogP contribution in [0.4, 0.5) is 0 Å². The maximum absolute atomic E-state index is 11.1. The Kier molecular flexibility index (Phi) is 10.3. The molecule has 0 spiro atoms. The first-order valence-electron chi connectivity index (χ1n) is 10.3. The van der Waals surface area contributed by atoms with Gasteiger partial charge in [-0.25, -0.2) is 14.6 Å². The molecule has 1 N–H and O–H groups in total.